The quantitative estimate of drug-likeness (QED) is 0.584. The Morgan fingerprint density at radius 1 is 0.958 bits per heavy atom. The summed E-state index contributed by atoms with van der Waals surface area (Å²) in [7, 11) is 4.72. The molecule has 1 heterocycles. The summed E-state index contributed by atoms with van der Waals surface area (Å²) in [5.41, 5.74) is 3.02. The first kappa shape index (κ1) is 16.6. The van der Waals surface area contributed by atoms with Gasteiger partial charge in [-0.1, -0.05) is 0 Å². The molecule has 0 aromatic heterocycles. The Morgan fingerprint density at radius 2 is 1.62 bits per heavy atom. The number of ether oxygens (including phenoxy) is 3. The maximum Gasteiger partial charge on any atom is 0.256 e. The largest absolute Gasteiger partial charge is 0.496 e. The second kappa shape index (κ2) is 6.72. The maximum absolute atomic E-state index is 12.3. The SMILES string of the molecule is COc1cc(OC)c(OC)cc1C=C1C(=O)Nc2ccc(I)cc21. The first-order valence-electron chi connectivity index (χ1n) is 7.20. The number of benzene rings is 2. The monoisotopic (exact) mass is 437 g/mol. The third-order valence-electron chi connectivity index (χ3n) is 3.80. The van der Waals surface area contributed by atoms with Gasteiger partial charge in [-0.05, 0) is 52.9 Å². The lowest BCUT2D eigenvalue weighted by atomic mass is 10.0. The predicted molar refractivity (Wildman–Crippen MR) is 102 cm³/mol. The number of hydrogen-bond donors (Lipinski definition) is 1. The van der Waals surface area contributed by atoms with E-state index in [9.17, 15) is 4.79 Å². The Bertz CT molecular complexity index is 845. The van der Waals surface area contributed by atoms with Gasteiger partial charge in [0.1, 0.15) is 5.75 Å². The molecule has 5 nitrogen and oxygen atoms in total. The molecule has 0 spiro atoms. The number of halogens is 1. The van der Waals surface area contributed by atoms with Crippen LogP contribution in [0.25, 0.3) is 11.6 Å². The molecule has 0 saturated heterocycles. The summed E-state index contributed by atoms with van der Waals surface area (Å²) in [5, 5.41) is 2.88. The fourth-order valence-corrected chi connectivity index (χ4v) is 3.12. The van der Waals surface area contributed by atoms with Crippen molar-refractivity contribution in [3.05, 3.63) is 45.0 Å². The van der Waals surface area contributed by atoms with Gasteiger partial charge < -0.3 is 19.5 Å². The van der Waals surface area contributed by atoms with Crippen molar-refractivity contribution >= 4 is 45.8 Å². The van der Waals surface area contributed by atoms with Gasteiger partial charge in [0, 0.05) is 32.0 Å². The molecule has 1 N–H and O–H groups in total. The van der Waals surface area contributed by atoms with Crippen LogP contribution in [0.4, 0.5) is 5.69 Å². The summed E-state index contributed by atoms with van der Waals surface area (Å²) in [6.07, 6.45) is 1.80. The van der Waals surface area contributed by atoms with Gasteiger partial charge in [-0.2, -0.15) is 0 Å². The summed E-state index contributed by atoms with van der Waals surface area (Å²) in [5.74, 6) is 1.62. The van der Waals surface area contributed by atoms with Crippen LogP contribution in [0.2, 0.25) is 0 Å². The molecule has 0 saturated carbocycles. The van der Waals surface area contributed by atoms with Crippen LogP contribution in [0.15, 0.2) is 30.3 Å². The Balaban J connectivity index is 2.15. The van der Waals surface area contributed by atoms with Gasteiger partial charge in [-0.25, -0.2) is 0 Å². The zero-order chi connectivity index (χ0) is 17.3. The van der Waals surface area contributed by atoms with Crippen LogP contribution in [-0.4, -0.2) is 27.2 Å². The first-order chi connectivity index (χ1) is 11.6. The van der Waals surface area contributed by atoms with E-state index in [2.05, 4.69) is 27.9 Å². The lowest BCUT2D eigenvalue weighted by molar-refractivity contribution is -0.110. The summed E-state index contributed by atoms with van der Waals surface area (Å²) in [6, 6.07) is 9.38. The van der Waals surface area contributed by atoms with Crippen LogP contribution in [-0.2, 0) is 4.79 Å². The van der Waals surface area contributed by atoms with Crippen molar-refractivity contribution in [2.75, 3.05) is 26.6 Å². The van der Waals surface area contributed by atoms with Crippen LogP contribution in [0.1, 0.15) is 11.1 Å². The molecule has 2 aromatic rings. The topological polar surface area (TPSA) is 56.8 Å². The fourth-order valence-electron chi connectivity index (χ4n) is 2.62. The van der Waals surface area contributed by atoms with Crippen LogP contribution in [0.5, 0.6) is 17.2 Å². The Morgan fingerprint density at radius 3 is 2.29 bits per heavy atom. The number of methoxy groups -OCH3 is 3. The number of carbonyl (C=O) groups excluding carboxylic acids is 1. The van der Waals surface area contributed by atoms with Crippen molar-refractivity contribution < 1.29 is 19.0 Å². The minimum Gasteiger partial charge on any atom is -0.496 e. The van der Waals surface area contributed by atoms with Crippen LogP contribution >= 0.6 is 22.6 Å². The van der Waals surface area contributed by atoms with E-state index in [1.54, 1.807) is 39.5 Å². The summed E-state index contributed by atoms with van der Waals surface area (Å²) < 4.78 is 17.1. The van der Waals surface area contributed by atoms with Gasteiger partial charge in [0.15, 0.2) is 11.5 Å². The van der Waals surface area contributed by atoms with Crippen molar-refractivity contribution in [2.45, 2.75) is 0 Å². The molecule has 0 fully saturated rings. The molecule has 1 aliphatic heterocycles. The maximum atomic E-state index is 12.3. The van der Waals surface area contributed by atoms with Gasteiger partial charge in [0.05, 0.1) is 21.3 Å². The number of carbonyl (C=O) groups is 1. The highest BCUT2D eigenvalue weighted by Crippen LogP contribution is 2.39. The van der Waals surface area contributed by atoms with Crippen molar-refractivity contribution in [3.63, 3.8) is 0 Å². The molecule has 1 aliphatic rings. The van der Waals surface area contributed by atoms with Gasteiger partial charge in [0.25, 0.3) is 5.91 Å². The molecule has 0 bridgehead atoms. The molecule has 124 valence electrons. The Kier molecular flexibility index (Phi) is 4.66. The molecule has 6 heteroatoms. The van der Waals surface area contributed by atoms with E-state index < -0.39 is 0 Å². The number of fused-ring (bicyclic) bond motifs is 1. The van der Waals surface area contributed by atoms with Crippen LogP contribution in [0, 0.1) is 3.57 Å². The number of nitrogens with one attached hydrogen (secondary N) is 1. The van der Waals surface area contributed by atoms with Crippen molar-refractivity contribution in [1.29, 1.82) is 0 Å². The number of anilines is 1. The van der Waals surface area contributed by atoms with E-state index in [1.807, 2.05) is 18.2 Å². The Labute approximate surface area is 153 Å². The minimum atomic E-state index is -0.135. The number of rotatable bonds is 4. The molecule has 0 atom stereocenters. The van der Waals surface area contributed by atoms with Crippen molar-refractivity contribution in [3.8, 4) is 17.2 Å². The van der Waals surface area contributed by atoms with Gasteiger partial charge in [0.2, 0.25) is 0 Å². The molecule has 1 amide bonds. The Hall–Kier alpha value is -2.22. The summed E-state index contributed by atoms with van der Waals surface area (Å²) in [6.45, 7) is 0. The second-order valence-electron chi connectivity index (χ2n) is 5.15. The van der Waals surface area contributed by atoms with Crippen molar-refractivity contribution in [2.24, 2.45) is 0 Å². The summed E-state index contributed by atoms with van der Waals surface area (Å²) >= 11 is 2.23. The molecule has 0 aliphatic carbocycles. The van der Waals surface area contributed by atoms with Gasteiger partial charge >= 0.3 is 0 Å². The van der Waals surface area contributed by atoms with Gasteiger partial charge in [-0.3, -0.25) is 4.79 Å². The highest BCUT2D eigenvalue weighted by molar-refractivity contribution is 14.1. The predicted octanol–water partition coefficient (Wildman–Crippen LogP) is 3.81. The standard InChI is InChI=1S/C18H16INO4/c1-22-15-9-17(24-3)16(23-2)7-10(15)6-13-12-8-11(19)4-5-14(12)20-18(13)21/h4-9H,1-3H3,(H,20,21). The number of amides is 1. The zero-order valence-corrected chi connectivity index (χ0v) is 15.6. The molecule has 3 rings (SSSR count). The average Bonchev–Trinajstić information content (AvgIpc) is 2.89. The second-order valence-corrected chi connectivity index (χ2v) is 6.40. The average molecular weight is 437 g/mol. The fraction of sp³-hybridized carbons (Fsp3) is 0.167. The molecule has 24 heavy (non-hydrogen) atoms. The minimum absolute atomic E-state index is 0.135. The lowest BCUT2D eigenvalue weighted by Crippen LogP contribution is -2.03. The van der Waals surface area contributed by atoms with Crippen LogP contribution in [0.3, 0.4) is 0 Å². The third-order valence-corrected chi connectivity index (χ3v) is 4.47. The van der Waals surface area contributed by atoms with Crippen molar-refractivity contribution in [1.82, 2.24) is 0 Å². The molecule has 0 unspecified atom stereocenters. The molecular weight excluding hydrogens is 421 g/mol. The van der Waals surface area contributed by atoms with E-state index >= 15 is 0 Å². The van der Waals surface area contributed by atoms with E-state index in [0.717, 1.165) is 20.4 Å². The van der Waals surface area contributed by atoms with E-state index in [1.165, 1.54) is 0 Å². The van der Waals surface area contributed by atoms with E-state index in [-0.39, 0.29) is 5.91 Å². The highest BCUT2D eigenvalue weighted by atomic mass is 127. The highest BCUT2D eigenvalue weighted by Gasteiger charge is 2.25. The number of hydrogen-bond acceptors (Lipinski definition) is 4. The van der Waals surface area contributed by atoms with Crippen LogP contribution < -0.4 is 19.5 Å². The first-order valence-corrected chi connectivity index (χ1v) is 8.28. The molecular formula is C18H16INO4. The smallest absolute Gasteiger partial charge is 0.256 e. The van der Waals surface area contributed by atoms with E-state index in [4.69, 9.17) is 14.2 Å². The normalized spacial score (nSPS) is 14.3. The molecule has 2 aromatic carbocycles. The van der Waals surface area contributed by atoms with E-state index in [0.29, 0.717) is 22.8 Å². The lowest BCUT2D eigenvalue weighted by Gasteiger charge is -2.12. The molecule has 0 radical (unpaired) electrons. The summed E-state index contributed by atoms with van der Waals surface area (Å²) in [4.78, 5) is 12.3. The third kappa shape index (κ3) is 2.93. The zero-order valence-electron chi connectivity index (χ0n) is 13.5. The van der Waals surface area contributed by atoms with Gasteiger partial charge in [-0.15, -0.1) is 0 Å².